The molecule has 4 aromatic rings. The topological polar surface area (TPSA) is 69.0 Å². The van der Waals surface area contributed by atoms with E-state index < -0.39 is 15.7 Å². The molecule has 4 rings (SSSR count). The predicted molar refractivity (Wildman–Crippen MR) is 121 cm³/mol. The summed E-state index contributed by atoms with van der Waals surface area (Å²) in [6.45, 7) is 0. The van der Waals surface area contributed by atoms with Gasteiger partial charge in [-0.05, 0) is 53.6 Å². The Morgan fingerprint density at radius 2 is 1.58 bits per heavy atom. The Morgan fingerprint density at radius 1 is 0.935 bits per heavy atom. The molecule has 0 saturated heterocycles. The van der Waals surface area contributed by atoms with Gasteiger partial charge in [-0.1, -0.05) is 46.3 Å². The van der Waals surface area contributed by atoms with Crippen LogP contribution in [0.15, 0.2) is 93.2 Å². The van der Waals surface area contributed by atoms with E-state index in [9.17, 15) is 17.6 Å². The van der Waals surface area contributed by atoms with Crippen molar-refractivity contribution in [3.63, 3.8) is 0 Å². The Hall–Kier alpha value is -3.10. The van der Waals surface area contributed by atoms with E-state index in [0.717, 1.165) is 10.7 Å². The zero-order valence-corrected chi connectivity index (χ0v) is 18.7. The van der Waals surface area contributed by atoms with E-state index in [0.29, 0.717) is 27.9 Å². The summed E-state index contributed by atoms with van der Waals surface area (Å²) in [5.41, 5.74) is 2.19. The highest BCUT2D eigenvalue weighted by Gasteiger charge is 2.17. The Labute approximate surface area is 186 Å². The first-order chi connectivity index (χ1) is 14.7. The van der Waals surface area contributed by atoms with Crippen molar-refractivity contribution < 1.29 is 12.8 Å². The number of sulfone groups is 1. The van der Waals surface area contributed by atoms with Gasteiger partial charge in [0.05, 0.1) is 22.3 Å². The maximum atomic E-state index is 13.5. The van der Waals surface area contributed by atoms with Gasteiger partial charge in [-0.15, -0.1) is 0 Å². The maximum absolute atomic E-state index is 13.5. The Balaban J connectivity index is 1.96. The van der Waals surface area contributed by atoms with Crippen LogP contribution in [0.1, 0.15) is 0 Å². The van der Waals surface area contributed by atoms with E-state index >= 15 is 0 Å². The van der Waals surface area contributed by atoms with E-state index in [-0.39, 0.29) is 10.5 Å². The van der Waals surface area contributed by atoms with Crippen molar-refractivity contribution in [2.45, 2.75) is 4.90 Å². The number of hydrogen-bond donors (Lipinski definition) is 0. The van der Waals surface area contributed by atoms with Crippen LogP contribution in [0.4, 0.5) is 4.39 Å². The van der Waals surface area contributed by atoms with Crippen LogP contribution in [-0.4, -0.2) is 24.5 Å². The molecule has 3 aromatic carbocycles. The van der Waals surface area contributed by atoms with Crippen molar-refractivity contribution in [2.75, 3.05) is 6.26 Å². The molecule has 0 amide bonds. The minimum atomic E-state index is -3.35. The molecule has 0 aliphatic heterocycles. The molecule has 0 unspecified atom stereocenters. The first kappa shape index (κ1) is 21.1. The summed E-state index contributed by atoms with van der Waals surface area (Å²) < 4.78 is 39.1. The van der Waals surface area contributed by atoms with Gasteiger partial charge in [-0.25, -0.2) is 12.8 Å². The van der Waals surface area contributed by atoms with E-state index in [1.54, 1.807) is 36.5 Å². The van der Waals surface area contributed by atoms with Crippen molar-refractivity contribution >= 4 is 25.8 Å². The smallest absolute Gasteiger partial charge is 0.267 e. The normalized spacial score (nSPS) is 11.5. The van der Waals surface area contributed by atoms with Crippen LogP contribution < -0.4 is 5.56 Å². The molecule has 0 bridgehead atoms. The van der Waals surface area contributed by atoms with Crippen molar-refractivity contribution in [1.82, 2.24) is 9.78 Å². The second kappa shape index (κ2) is 8.20. The quantitative estimate of drug-likeness (QED) is 0.402. The molecule has 0 N–H and O–H groups in total. The fourth-order valence-corrected chi connectivity index (χ4v) is 4.26. The lowest BCUT2D eigenvalue weighted by atomic mass is 9.97. The predicted octanol–water partition coefficient (Wildman–Crippen LogP) is 4.87. The molecule has 0 spiro atoms. The minimum Gasteiger partial charge on any atom is -0.267 e. The first-order valence-electron chi connectivity index (χ1n) is 9.19. The van der Waals surface area contributed by atoms with Crippen LogP contribution in [-0.2, 0) is 9.84 Å². The Morgan fingerprint density at radius 3 is 2.19 bits per heavy atom. The lowest BCUT2D eigenvalue weighted by molar-refractivity contribution is 0.602. The largest absolute Gasteiger partial charge is 0.279 e. The summed E-state index contributed by atoms with van der Waals surface area (Å²) in [6.07, 6.45) is 2.68. The van der Waals surface area contributed by atoms with Crippen molar-refractivity contribution in [1.29, 1.82) is 0 Å². The zero-order valence-electron chi connectivity index (χ0n) is 16.3. The molecular weight excluding hydrogens is 483 g/mol. The molecule has 0 fully saturated rings. The average molecular weight is 499 g/mol. The van der Waals surface area contributed by atoms with Gasteiger partial charge in [0.2, 0.25) is 0 Å². The summed E-state index contributed by atoms with van der Waals surface area (Å²) in [6, 6.07) is 19.0. The van der Waals surface area contributed by atoms with Gasteiger partial charge < -0.3 is 0 Å². The van der Waals surface area contributed by atoms with Crippen molar-refractivity contribution in [3.8, 4) is 27.9 Å². The third-order valence-corrected chi connectivity index (χ3v) is 6.38. The fourth-order valence-electron chi connectivity index (χ4n) is 3.24. The molecule has 31 heavy (non-hydrogen) atoms. The monoisotopic (exact) mass is 498 g/mol. The number of benzene rings is 3. The van der Waals surface area contributed by atoms with Crippen LogP contribution in [0.2, 0.25) is 0 Å². The standard InChI is InChI=1S/C23H16BrFN2O3S/c1-31(29,30)20-11-7-15(8-12-20)21-14-26-27(19-4-2-3-17(24)13-19)23(28)22(21)16-5-9-18(25)10-6-16/h2-14H,1H3. The van der Waals surface area contributed by atoms with Crippen molar-refractivity contribution in [2.24, 2.45) is 0 Å². The van der Waals surface area contributed by atoms with Crippen LogP contribution in [0.25, 0.3) is 27.9 Å². The summed E-state index contributed by atoms with van der Waals surface area (Å²) in [5, 5.41) is 4.33. The second-order valence-corrected chi connectivity index (χ2v) is 9.86. The molecule has 0 saturated carbocycles. The molecular formula is C23H16BrFN2O3S. The Kier molecular flexibility index (Phi) is 5.60. The number of rotatable bonds is 4. The minimum absolute atomic E-state index is 0.176. The van der Waals surface area contributed by atoms with E-state index in [2.05, 4.69) is 21.0 Å². The van der Waals surface area contributed by atoms with Crippen LogP contribution in [0, 0.1) is 5.82 Å². The number of halogens is 2. The van der Waals surface area contributed by atoms with Crippen LogP contribution >= 0.6 is 15.9 Å². The highest BCUT2D eigenvalue weighted by Crippen LogP contribution is 2.30. The van der Waals surface area contributed by atoms with Gasteiger partial charge in [0.25, 0.3) is 5.56 Å². The maximum Gasteiger partial charge on any atom is 0.279 e. The molecule has 1 aromatic heterocycles. The first-order valence-corrected chi connectivity index (χ1v) is 11.9. The summed E-state index contributed by atoms with van der Waals surface area (Å²) in [7, 11) is -3.35. The van der Waals surface area contributed by atoms with Gasteiger partial charge in [0.15, 0.2) is 9.84 Å². The van der Waals surface area contributed by atoms with Gasteiger partial charge in [-0.3, -0.25) is 4.79 Å². The highest BCUT2D eigenvalue weighted by molar-refractivity contribution is 9.10. The number of nitrogens with zero attached hydrogens (tertiary/aromatic N) is 2. The van der Waals surface area contributed by atoms with E-state index in [1.807, 2.05) is 6.07 Å². The average Bonchev–Trinajstić information content (AvgIpc) is 2.74. The summed E-state index contributed by atoms with van der Waals surface area (Å²) in [4.78, 5) is 13.7. The van der Waals surface area contributed by atoms with Crippen LogP contribution in [0.5, 0.6) is 0 Å². The Bertz CT molecular complexity index is 1430. The van der Waals surface area contributed by atoms with Gasteiger partial charge in [0, 0.05) is 16.3 Å². The number of hydrogen-bond acceptors (Lipinski definition) is 4. The van der Waals surface area contributed by atoms with Gasteiger partial charge in [0.1, 0.15) is 5.82 Å². The molecule has 8 heteroatoms. The highest BCUT2D eigenvalue weighted by atomic mass is 79.9. The molecule has 5 nitrogen and oxygen atoms in total. The molecule has 0 atom stereocenters. The van der Waals surface area contributed by atoms with E-state index in [1.165, 1.54) is 41.1 Å². The summed E-state index contributed by atoms with van der Waals surface area (Å²) >= 11 is 3.40. The van der Waals surface area contributed by atoms with E-state index in [4.69, 9.17) is 0 Å². The molecule has 0 aliphatic carbocycles. The third-order valence-electron chi connectivity index (χ3n) is 4.76. The zero-order chi connectivity index (χ0) is 22.2. The summed E-state index contributed by atoms with van der Waals surface area (Å²) in [5.74, 6) is -0.413. The third kappa shape index (κ3) is 4.35. The lowest BCUT2D eigenvalue weighted by Crippen LogP contribution is -2.23. The molecule has 1 heterocycles. The SMILES string of the molecule is CS(=O)(=O)c1ccc(-c2cnn(-c3cccc(Br)c3)c(=O)c2-c2ccc(F)cc2)cc1. The van der Waals surface area contributed by atoms with Crippen LogP contribution in [0.3, 0.4) is 0 Å². The fraction of sp³-hybridized carbons (Fsp3) is 0.0435. The van der Waals surface area contributed by atoms with Gasteiger partial charge >= 0.3 is 0 Å². The molecule has 0 radical (unpaired) electrons. The van der Waals surface area contributed by atoms with Crippen molar-refractivity contribution in [3.05, 3.63) is 99.6 Å². The molecule has 0 aliphatic rings. The lowest BCUT2D eigenvalue weighted by Gasteiger charge is -2.13. The van der Waals surface area contributed by atoms with Gasteiger partial charge in [-0.2, -0.15) is 9.78 Å². The molecule has 156 valence electrons. The number of aromatic nitrogens is 2. The second-order valence-electron chi connectivity index (χ2n) is 6.93.